The van der Waals surface area contributed by atoms with E-state index in [0.29, 0.717) is 6.04 Å². The lowest BCUT2D eigenvalue weighted by atomic mass is 9.93. The average molecular weight is 350 g/mol. The van der Waals surface area contributed by atoms with Crippen molar-refractivity contribution in [2.24, 2.45) is 0 Å². The minimum absolute atomic E-state index is 0.0890. The second-order valence-electron chi connectivity index (χ2n) is 7.14. The van der Waals surface area contributed by atoms with Gasteiger partial charge in [0.1, 0.15) is 5.65 Å². The maximum atomic E-state index is 12.4. The van der Waals surface area contributed by atoms with Gasteiger partial charge in [-0.25, -0.2) is 9.78 Å². The van der Waals surface area contributed by atoms with Crippen LogP contribution in [-0.2, 0) is 0 Å². The number of amides is 2. The van der Waals surface area contributed by atoms with Crippen LogP contribution < -0.4 is 10.2 Å². The van der Waals surface area contributed by atoms with Crippen LogP contribution in [0.3, 0.4) is 0 Å². The quantitative estimate of drug-likeness (QED) is 0.744. The van der Waals surface area contributed by atoms with E-state index < -0.39 is 0 Å². The first-order chi connectivity index (χ1) is 12.8. The molecule has 0 bridgehead atoms. The number of fused-ring (bicyclic) bond motifs is 3. The van der Waals surface area contributed by atoms with Crippen molar-refractivity contribution in [2.75, 3.05) is 31.1 Å². The normalized spacial score (nSPS) is 18.3. The molecule has 2 fully saturated rings. The van der Waals surface area contributed by atoms with Gasteiger partial charge in [-0.2, -0.15) is 0 Å². The fourth-order valence-corrected chi connectivity index (χ4v) is 3.87. The highest BCUT2D eigenvalue weighted by Gasteiger charge is 2.26. The highest BCUT2D eigenvalue weighted by Crippen LogP contribution is 2.31. The zero-order valence-electron chi connectivity index (χ0n) is 14.6. The molecule has 2 N–H and O–H groups in total. The van der Waals surface area contributed by atoms with Crippen LogP contribution >= 0.6 is 0 Å². The van der Waals surface area contributed by atoms with Gasteiger partial charge in [0.05, 0.1) is 11.7 Å². The third kappa shape index (κ3) is 2.55. The van der Waals surface area contributed by atoms with Crippen LogP contribution in [0.15, 0.2) is 30.7 Å². The molecule has 0 aromatic carbocycles. The summed E-state index contributed by atoms with van der Waals surface area (Å²) in [5.41, 5.74) is 2.95. The largest absolute Gasteiger partial charge is 0.367 e. The number of carbonyl (C=O) groups is 1. The molecule has 1 aliphatic carbocycles. The molecule has 7 nitrogen and oxygen atoms in total. The van der Waals surface area contributed by atoms with Crippen LogP contribution in [0.5, 0.6) is 0 Å². The lowest BCUT2D eigenvalue weighted by molar-refractivity contribution is 0.183. The monoisotopic (exact) mass is 350 g/mol. The van der Waals surface area contributed by atoms with Gasteiger partial charge < -0.3 is 20.1 Å². The van der Waals surface area contributed by atoms with Gasteiger partial charge >= 0.3 is 6.03 Å². The first-order valence-electron chi connectivity index (χ1n) is 9.31. The number of aromatic nitrogens is 3. The van der Waals surface area contributed by atoms with E-state index in [1.54, 1.807) is 0 Å². The molecule has 3 aromatic heterocycles. The van der Waals surface area contributed by atoms with Crippen molar-refractivity contribution < 1.29 is 4.79 Å². The lowest BCUT2D eigenvalue weighted by Gasteiger charge is -2.38. The third-order valence-corrected chi connectivity index (χ3v) is 5.61. The van der Waals surface area contributed by atoms with Crippen LogP contribution in [-0.4, -0.2) is 58.1 Å². The smallest absolute Gasteiger partial charge is 0.317 e. The number of nitrogens with one attached hydrogen (secondary N) is 2. The molecule has 0 spiro atoms. The van der Waals surface area contributed by atoms with Gasteiger partial charge in [0, 0.05) is 61.1 Å². The summed E-state index contributed by atoms with van der Waals surface area (Å²) in [6, 6.07) is 4.60. The average Bonchev–Trinajstić information content (AvgIpc) is 3.13. The SMILES string of the molecule is O=C(NC1CCC1)N1CCN(c2ccnc3cnc4[nH]ccc4c23)CC1. The number of aromatic amines is 1. The van der Waals surface area contributed by atoms with Crippen LogP contribution in [0.2, 0.25) is 0 Å². The summed E-state index contributed by atoms with van der Waals surface area (Å²) in [5, 5.41) is 5.36. The Bertz CT molecular complexity index is 955. The fraction of sp³-hybridized carbons (Fsp3) is 0.421. The number of nitrogens with zero attached hydrogens (tertiary/aromatic N) is 4. The van der Waals surface area contributed by atoms with Gasteiger partial charge in [-0.15, -0.1) is 0 Å². The molecule has 7 heteroatoms. The Balaban J connectivity index is 1.38. The molecule has 2 aliphatic rings. The Morgan fingerprint density at radius 3 is 2.77 bits per heavy atom. The molecular weight excluding hydrogens is 328 g/mol. The number of pyridine rings is 2. The maximum Gasteiger partial charge on any atom is 0.317 e. The van der Waals surface area contributed by atoms with E-state index in [2.05, 4.69) is 37.3 Å². The fourth-order valence-electron chi connectivity index (χ4n) is 3.87. The van der Waals surface area contributed by atoms with Crippen LogP contribution in [0, 0.1) is 0 Å². The summed E-state index contributed by atoms with van der Waals surface area (Å²) in [5.74, 6) is 0. The third-order valence-electron chi connectivity index (χ3n) is 5.61. The predicted octanol–water partition coefficient (Wildman–Crippen LogP) is 2.50. The molecular formula is C19H22N6O. The molecule has 134 valence electrons. The Kier molecular flexibility index (Phi) is 3.65. The van der Waals surface area contributed by atoms with Crippen LogP contribution in [0.25, 0.3) is 21.9 Å². The van der Waals surface area contributed by atoms with Crippen molar-refractivity contribution >= 4 is 33.7 Å². The highest BCUT2D eigenvalue weighted by molar-refractivity contribution is 6.10. The van der Waals surface area contributed by atoms with Gasteiger partial charge in [-0.3, -0.25) is 4.98 Å². The van der Waals surface area contributed by atoms with Gasteiger partial charge in [0.15, 0.2) is 0 Å². The van der Waals surface area contributed by atoms with Crippen molar-refractivity contribution in [3.05, 3.63) is 30.7 Å². The van der Waals surface area contributed by atoms with E-state index in [1.165, 1.54) is 12.1 Å². The minimum Gasteiger partial charge on any atom is -0.367 e. The molecule has 1 aliphatic heterocycles. The van der Waals surface area contributed by atoms with E-state index in [0.717, 1.165) is 61.0 Å². The molecule has 0 atom stereocenters. The minimum atomic E-state index is 0.0890. The molecule has 4 heterocycles. The van der Waals surface area contributed by atoms with Crippen molar-refractivity contribution in [3.63, 3.8) is 0 Å². The number of H-pyrrole nitrogens is 1. The summed E-state index contributed by atoms with van der Waals surface area (Å²) >= 11 is 0. The Morgan fingerprint density at radius 1 is 1.15 bits per heavy atom. The molecule has 3 aromatic rings. The van der Waals surface area contributed by atoms with E-state index in [-0.39, 0.29) is 6.03 Å². The second-order valence-corrected chi connectivity index (χ2v) is 7.14. The Morgan fingerprint density at radius 2 is 2.00 bits per heavy atom. The molecule has 0 unspecified atom stereocenters. The van der Waals surface area contributed by atoms with E-state index in [1.807, 2.05) is 23.5 Å². The molecule has 26 heavy (non-hydrogen) atoms. The maximum absolute atomic E-state index is 12.4. The van der Waals surface area contributed by atoms with Crippen molar-refractivity contribution in [1.29, 1.82) is 0 Å². The second kappa shape index (κ2) is 6.16. The zero-order chi connectivity index (χ0) is 17.5. The molecule has 5 rings (SSSR count). The molecule has 1 saturated heterocycles. The van der Waals surface area contributed by atoms with Gasteiger partial charge in [-0.1, -0.05) is 0 Å². The number of anilines is 1. The summed E-state index contributed by atoms with van der Waals surface area (Å²) in [6.07, 6.45) is 9.05. The number of hydrogen-bond donors (Lipinski definition) is 2. The standard InChI is InChI=1S/C19H22N6O/c26-19(23-13-2-1-3-13)25-10-8-24(9-11-25)16-5-7-20-15-12-22-18-14(17(15)16)4-6-21-18/h4-7,12-13H,1-3,8-11H2,(H,21,22)(H,23,26). The summed E-state index contributed by atoms with van der Waals surface area (Å²) < 4.78 is 0. The lowest BCUT2D eigenvalue weighted by Crippen LogP contribution is -2.54. The highest BCUT2D eigenvalue weighted by atomic mass is 16.2. The Labute approximate surface area is 151 Å². The number of urea groups is 1. The first-order valence-corrected chi connectivity index (χ1v) is 9.31. The number of piperazine rings is 1. The van der Waals surface area contributed by atoms with Gasteiger partial charge in [-0.05, 0) is 31.4 Å². The summed E-state index contributed by atoms with van der Waals surface area (Å²) in [6.45, 7) is 3.13. The summed E-state index contributed by atoms with van der Waals surface area (Å²) in [7, 11) is 0. The number of rotatable bonds is 2. The van der Waals surface area contributed by atoms with Crippen molar-refractivity contribution in [3.8, 4) is 0 Å². The molecule has 2 amide bonds. The van der Waals surface area contributed by atoms with Crippen LogP contribution in [0.4, 0.5) is 10.5 Å². The van der Waals surface area contributed by atoms with E-state index in [4.69, 9.17) is 0 Å². The zero-order valence-corrected chi connectivity index (χ0v) is 14.6. The van der Waals surface area contributed by atoms with Gasteiger partial charge in [0.25, 0.3) is 0 Å². The van der Waals surface area contributed by atoms with E-state index in [9.17, 15) is 4.79 Å². The topological polar surface area (TPSA) is 77.2 Å². The summed E-state index contributed by atoms with van der Waals surface area (Å²) in [4.78, 5) is 28.7. The number of carbonyl (C=O) groups excluding carboxylic acids is 1. The Hall–Kier alpha value is -2.83. The van der Waals surface area contributed by atoms with Crippen LogP contribution in [0.1, 0.15) is 19.3 Å². The first kappa shape index (κ1) is 15.4. The number of hydrogen-bond acceptors (Lipinski definition) is 4. The van der Waals surface area contributed by atoms with Gasteiger partial charge in [0.2, 0.25) is 0 Å². The molecule has 0 radical (unpaired) electrons. The van der Waals surface area contributed by atoms with Crippen molar-refractivity contribution in [1.82, 2.24) is 25.2 Å². The van der Waals surface area contributed by atoms with Crippen molar-refractivity contribution in [2.45, 2.75) is 25.3 Å². The molecule has 1 saturated carbocycles. The predicted molar refractivity (Wildman–Crippen MR) is 101 cm³/mol. The van der Waals surface area contributed by atoms with E-state index >= 15 is 0 Å².